The second kappa shape index (κ2) is 6.57. The third-order valence-electron chi connectivity index (χ3n) is 4.56. The third kappa shape index (κ3) is 2.86. The highest BCUT2D eigenvalue weighted by atomic mass is 35.5. The van der Waals surface area contributed by atoms with Crippen LogP contribution in [0.4, 0.5) is 10.1 Å². The number of aromatic nitrogens is 1. The Morgan fingerprint density at radius 2 is 1.69 bits per heavy atom. The van der Waals surface area contributed by atoms with Gasteiger partial charge in [0.2, 0.25) is 0 Å². The van der Waals surface area contributed by atoms with Gasteiger partial charge in [0.25, 0.3) is 10.0 Å². The molecule has 5 nitrogen and oxygen atoms in total. The first-order chi connectivity index (χ1) is 12.5. The van der Waals surface area contributed by atoms with Crippen molar-refractivity contribution in [3.63, 3.8) is 0 Å². The van der Waals surface area contributed by atoms with E-state index >= 15 is 0 Å². The van der Waals surface area contributed by atoms with Gasteiger partial charge in [0.1, 0.15) is 5.82 Å². The Morgan fingerprint density at radius 3 is 2.38 bits per heavy atom. The van der Waals surface area contributed by atoms with Gasteiger partial charge < -0.3 is 10.2 Å². The number of nitrogens with one attached hydrogen (secondary N) is 1. The molecule has 0 amide bonds. The van der Waals surface area contributed by atoms with E-state index in [4.69, 9.17) is 11.6 Å². The van der Waals surface area contributed by atoms with Crippen LogP contribution in [0.3, 0.4) is 0 Å². The molecule has 4 rings (SSSR count). The molecule has 26 heavy (non-hydrogen) atoms. The molecule has 0 radical (unpaired) electrons. The van der Waals surface area contributed by atoms with Crippen LogP contribution in [0.2, 0.25) is 5.02 Å². The van der Waals surface area contributed by atoms with E-state index in [1.165, 1.54) is 22.3 Å². The molecule has 0 bridgehead atoms. The normalized spacial score (nSPS) is 15.5. The summed E-state index contributed by atoms with van der Waals surface area (Å²) in [4.78, 5) is 2.20. The molecule has 8 heteroatoms. The van der Waals surface area contributed by atoms with Gasteiger partial charge in [0.05, 0.1) is 21.1 Å². The lowest BCUT2D eigenvalue weighted by atomic mass is 10.2. The standard InChI is InChI=1S/C18H17ClFN3O2S/c19-16-5-6-17-15(18(16)22-11-8-21-9-12-22)7-10-23(17)26(24,25)14-3-1-13(20)2-4-14/h1-7,10,21H,8-9,11-12H2. The number of fused-ring (bicyclic) bond motifs is 1. The number of hydrogen-bond donors (Lipinski definition) is 1. The van der Waals surface area contributed by atoms with Crippen LogP contribution in [0.15, 0.2) is 53.6 Å². The molecule has 3 aromatic rings. The Morgan fingerprint density at radius 1 is 1.00 bits per heavy atom. The van der Waals surface area contributed by atoms with E-state index < -0.39 is 15.8 Å². The van der Waals surface area contributed by atoms with Crippen molar-refractivity contribution in [1.82, 2.24) is 9.29 Å². The zero-order chi connectivity index (χ0) is 18.3. The van der Waals surface area contributed by atoms with Gasteiger partial charge in [-0.25, -0.2) is 16.8 Å². The largest absolute Gasteiger partial charge is 0.367 e. The minimum Gasteiger partial charge on any atom is -0.367 e. The van der Waals surface area contributed by atoms with Crippen LogP contribution >= 0.6 is 11.6 Å². The quantitative estimate of drug-likeness (QED) is 0.743. The smallest absolute Gasteiger partial charge is 0.268 e. The number of hydrogen-bond acceptors (Lipinski definition) is 4. The summed E-state index contributed by atoms with van der Waals surface area (Å²) in [6, 6.07) is 10.00. The summed E-state index contributed by atoms with van der Waals surface area (Å²) in [6.45, 7) is 3.30. The minimum absolute atomic E-state index is 0.0371. The summed E-state index contributed by atoms with van der Waals surface area (Å²) in [5.41, 5.74) is 1.39. The molecule has 0 spiro atoms. The summed E-state index contributed by atoms with van der Waals surface area (Å²) in [5, 5.41) is 4.67. The summed E-state index contributed by atoms with van der Waals surface area (Å²) in [7, 11) is -3.82. The average Bonchev–Trinajstić information content (AvgIpc) is 3.07. The van der Waals surface area contributed by atoms with Gasteiger partial charge in [-0.1, -0.05) is 11.6 Å². The Balaban J connectivity index is 1.86. The first-order valence-electron chi connectivity index (χ1n) is 8.25. The van der Waals surface area contributed by atoms with Crippen LogP contribution < -0.4 is 10.2 Å². The van der Waals surface area contributed by atoms with Crippen LogP contribution in [0.25, 0.3) is 10.9 Å². The molecule has 1 aromatic heterocycles. The zero-order valence-corrected chi connectivity index (χ0v) is 15.4. The van der Waals surface area contributed by atoms with Gasteiger partial charge in [-0.3, -0.25) is 0 Å². The molecule has 1 aliphatic rings. The van der Waals surface area contributed by atoms with Crippen molar-refractivity contribution in [3.8, 4) is 0 Å². The lowest BCUT2D eigenvalue weighted by Gasteiger charge is -2.30. The van der Waals surface area contributed by atoms with Crippen molar-refractivity contribution >= 4 is 38.2 Å². The van der Waals surface area contributed by atoms with Crippen molar-refractivity contribution in [2.24, 2.45) is 0 Å². The van der Waals surface area contributed by atoms with Gasteiger partial charge >= 0.3 is 0 Å². The highest BCUT2D eigenvalue weighted by molar-refractivity contribution is 7.90. The molecule has 1 aliphatic heterocycles. The molecular formula is C18H17ClFN3O2S. The van der Waals surface area contributed by atoms with Crippen molar-refractivity contribution in [1.29, 1.82) is 0 Å². The lowest BCUT2D eigenvalue weighted by Crippen LogP contribution is -2.43. The zero-order valence-electron chi connectivity index (χ0n) is 13.8. The van der Waals surface area contributed by atoms with Gasteiger partial charge in [0.15, 0.2) is 0 Å². The van der Waals surface area contributed by atoms with E-state index in [1.807, 2.05) is 0 Å². The average molecular weight is 394 g/mol. The highest BCUT2D eigenvalue weighted by Crippen LogP contribution is 2.36. The number of anilines is 1. The number of halogens is 2. The fourth-order valence-electron chi connectivity index (χ4n) is 3.29. The molecule has 0 saturated carbocycles. The summed E-state index contributed by atoms with van der Waals surface area (Å²) >= 11 is 6.43. The van der Waals surface area contributed by atoms with Gasteiger partial charge in [-0.15, -0.1) is 0 Å². The topological polar surface area (TPSA) is 54.3 Å². The molecule has 1 N–H and O–H groups in total. The number of rotatable bonds is 3. The second-order valence-corrected chi connectivity index (χ2v) is 8.36. The summed E-state index contributed by atoms with van der Waals surface area (Å²) in [5.74, 6) is -0.478. The second-order valence-electron chi connectivity index (χ2n) is 6.14. The SMILES string of the molecule is O=S(=O)(c1ccc(F)cc1)n1ccc2c(N3CCNCC3)c(Cl)ccc21. The predicted molar refractivity (Wildman–Crippen MR) is 101 cm³/mol. The van der Waals surface area contributed by atoms with Crippen LogP contribution in [0.1, 0.15) is 0 Å². The fourth-order valence-corrected chi connectivity index (χ4v) is 4.92. The van der Waals surface area contributed by atoms with Crippen molar-refractivity contribution in [2.75, 3.05) is 31.1 Å². The number of piperazine rings is 1. The van der Waals surface area contributed by atoms with Crippen molar-refractivity contribution < 1.29 is 12.8 Å². The molecule has 0 unspecified atom stereocenters. The molecule has 2 heterocycles. The first-order valence-corrected chi connectivity index (χ1v) is 10.1. The number of nitrogens with zero attached hydrogens (tertiary/aromatic N) is 2. The maximum absolute atomic E-state index is 13.1. The van der Waals surface area contributed by atoms with Crippen LogP contribution in [-0.2, 0) is 10.0 Å². The minimum atomic E-state index is -3.82. The Labute approximate surface area is 156 Å². The van der Waals surface area contributed by atoms with E-state index in [0.29, 0.717) is 10.5 Å². The molecule has 136 valence electrons. The van der Waals surface area contributed by atoms with Gasteiger partial charge in [0, 0.05) is 37.8 Å². The van der Waals surface area contributed by atoms with Crippen LogP contribution in [0, 0.1) is 5.82 Å². The maximum Gasteiger partial charge on any atom is 0.268 e. The Kier molecular flexibility index (Phi) is 4.38. The number of benzene rings is 2. The van der Waals surface area contributed by atoms with E-state index in [0.717, 1.165) is 49.4 Å². The summed E-state index contributed by atoms with van der Waals surface area (Å²) in [6.07, 6.45) is 1.52. The molecular weight excluding hydrogens is 377 g/mol. The van der Waals surface area contributed by atoms with Crippen LogP contribution in [0.5, 0.6) is 0 Å². The Hall–Kier alpha value is -2.09. The lowest BCUT2D eigenvalue weighted by molar-refractivity contribution is 0.587. The van der Waals surface area contributed by atoms with E-state index in [-0.39, 0.29) is 4.90 Å². The summed E-state index contributed by atoms with van der Waals surface area (Å²) < 4.78 is 40.3. The predicted octanol–water partition coefficient (Wildman–Crippen LogP) is 3.08. The molecule has 0 aliphatic carbocycles. The highest BCUT2D eigenvalue weighted by Gasteiger charge is 2.23. The molecule has 1 fully saturated rings. The van der Waals surface area contributed by atoms with E-state index in [2.05, 4.69) is 10.2 Å². The molecule has 1 saturated heterocycles. The first kappa shape index (κ1) is 17.3. The monoisotopic (exact) mass is 393 g/mol. The van der Waals surface area contributed by atoms with Gasteiger partial charge in [-0.05, 0) is 42.5 Å². The fraction of sp³-hybridized carbons (Fsp3) is 0.222. The van der Waals surface area contributed by atoms with Crippen LogP contribution in [-0.4, -0.2) is 38.6 Å². The molecule has 2 aromatic carbocycles. The third-order valence-corrected chi connectivity index (χ3v) is 6.57. The molecule has 0 atom stereocenters. The Bertz CT molecular complexity index is 1060. The van der Waals surface area contributed by atoms with E-state index in [1.54, 1.807) is 18.2 Å². The van der Waals surface area contributed by atoms with E-state index in [9.17, 15) is 12.8 Å². The van der Waals surface area contributed by atoms with Crippen molar-refractivity contribution in [2.45, 2.75) is 4.90 Å². The maximum atomic E-state index is 13.1. The van der Waals surface area contributed by atoms with Gasteiger partial charge in [-0.2, -0.15) is 0 Å². The van der Waals surface area contributed by atoms with Crippen molar-refractivity contribution in [3.05, 3.63) is 59.5 Å².